The molecule has 0 bridgehead atoms. The van der Waals surface area contributed by atoms with Crippen LogP contribution in [0.25, 0.3) is 11.3 Å². The third kappa shape index (κ3) is 3.20. The Balaban J connectivity index is 2.08. The highest BCUT2D eigenvalue weighted by Crippen LogP contribution is 2.22. The van der Waals surface area contributed by atoms with Crippen molar-refractivity contribution < 1.29 is 9.21 Å². The average molecular weight is 259 g/mol. The van der Waals surface area contributed by atoms with Gasteiger partial charge in [0, 0.05) is 30.6 Å². The van der Waals surface area contributed by atoms with Crippen LogP contribution in [0, 0.1) is 12.8 Å². The van der Waals surface area contributed by atoms with Crippen LogP contribution in [0.5, 0.6) is 0 Å². The quantitative estimate of drug-likeness (QED) is 0.881. The summed E-state index contributed by atoms with van der Waals surface area (Å²) >= 11 is 0. The lowest BCUT2D eigenvalue weighted by Gasteiger charge is -2.09. The number of rotatable bonds is 4. The van der Waals surface area contributed by atoms with Crippen molar-refractivity contribution in [1.29, 1.82) is 0 Å². The maximum absolute atomic E-state index is 11.7. The van der Waals surface area contributed by atoms with Gasteiger partial charge in [0.05, 0.1) is 6.20 Å². The molecular formula is C14H17N3O2. The van der Waals surface area contributed by atoms with E-state index in [9.17, 15) is 4.79 Å². The molecule has 3 N–H and O–H groups in total. The van der Waals surface area contributed by atoms with Crippen LogP contribution >= 0.6 is 0 Å². The highest BCUT2D eigenvalue weighted by atomic mass is 16.4. The van der Waals surface area contributed by atoms with E-state index in [0.717, 1.165) is 11.3 Å². The molecule has 1 aromatic heterocycles. The number of carbonyl (C=O) groups is 1. The summed E-state index contributed by atoms with van der Waals surface area (Å²) in [4.78, 5) is 15.7. The summed E-state index contributed by atoms with van der Waals surface area (Å²) in [5, 5.41) is 2.81. The lowest BCUT2D eigenvalue weighted by atomic mass is 10.1. The topological polar surface area (TPSA) is 81.2 Å². The number of aryl methyl sites for hydroxylation is 1. The fourth-order valence-electron chi connectivity index (χ4n) is 1.59. The highest BCUT2D eigenvalue weighted by molar-refractivity contribution is 5.92. The van der Waals surface area contributed by atoms with Crippen LogP contribution in [-0.2, 0) is 4.79 Å². The van der Waals surface area contributed by atoms with E-state index in [2.05, 4.69) is 10.3 Å². The number of anilines is 1. The van der Waals surface area contributed by atoms with Gasteiger partial charge in [-0.1, -0.05) is 6.92 Å². The summed E-state index contributed by atoms with van der Waals surface area (Å²) in [6, 6.07) is 7.41. The Morgan fingerprint density at radius 2 is 2.11 bits per heavy atom. The van der Waals surface area contributed by atoms with Crippen molar-refractivity contribution in [2.45, 2.75) is 13.8 Å². The third-order valence-corrected chi connectivity index (χ3v) is 2.86. The van der Waals surface area contributed by atoms with Crippen molar-refractivity contribution >= 4 is 11.6 Å². The van der Waals surface area contributed by atoms with Gasteiger partial charge >= 0.3 is 0 Å². The molecule has 1 heterocycles. The first kappa shape index (κ1) is 13.3. The van der Waals surface area contributed by atoms with Crippen LogP contribution in [0.1, 0.15) is 12.8 Å². The second-order valence-corrected chi connectivity index (χ2v) is 4.45. The van der Waals surface area contributed by atoms with E-state index in [1.165, 1.54) is 0 Å². The van der Waals surface area contributed by atoms with Crippen LogP contribution in [0.3, 0.4) is 0 Å². The molecule has 0 aliphatic heterocycles. The average Bonchev–Trinajstić information content (AvgIpc) is 2.85. The van der Waals surface area contributed by atoms with Gasteiger partial charge in [-0.3, -0.25) is 4.79 Å². The molecule has 19 heavy (non-hydrogen) atoms. The first-order chi connectivity index (χ1) is 9.10. The summed E-state index contributed by atoms with van der Waals surface area (Å²) < 4.78 is 5.43. The summed E-state index contributed by atoms with van der Waals surface area (Å²) in [5.41, 5.74) is 7.11. The molecule has 0 spiro atoms. The molecule has 100 valence electrons. The standard InChI is InChI=1S/C14H17N3O2/c1-9(7-15)14(18)17-12-5-3-11(4-6-12)13-8-16-10(2)19-13/h3-6,8-9H,7,15H2,1-2H3,(H,17,18). The molecule has 2 rings (SSSR count). The summed E-state index contributed by atoms with van der Waals surface area (Å²) in [7, 11) is 0. The van der Waals surface area contributed by atoms with Crippen molar-refractivity contribution in [3.63, 3.8) is 0 Å². The number of nitrogens with two attached hydrogens (primary N) is 1. The summed E-state index contributed by atoms with van der Waals surface area (Å²) in [6.45, 7) is 3.93. The number of aromatic nitrogens is 1. The van der Waals surface area contributed by atoms with E-state index in [1.54, 1.807) is 20.0 Å². The Labute approximate surface area is 111 Å². The second kappa shape index (κ2) is 5.67. The number of amides is 1. The van der Waals surface area contributed by atoms with Gasteiger partial charge in [-0.2, -0.15) is 0 Å². The maximum atomic E-state index is 11.7. The fraction of sp³-hybridized carbons (Fsp3) is 0.286. The van der Waals surface area contributed by atoms with Crippen LogP contribution in [0.4, 0.5) is 5.69 Å². The number of carbonyl (C=O) groups excluding carboxylic acids is 1. The third-order valence-electron chi connectivity index (χ3n) is 2.86. The smallest absolute Gasteiger partial charge is 0.228 e. The first-order valence-corrected chi connectivity index (χ1v) is 6.14. The lowest BCUT2D eigenvalue weighted by molar-refractivity contribution is -0.119. The van der Waals surface area contributed by atoms with Gasteiger partial charge in [-0.15, -0.1) is 0 Å². The van der Waals surface area contributed by atoms with Crippen LogP contribution in [0.2, 0.25) is 0 Å². The van der Waals surface area contributed by atoms with Gasteiger partial charge in [0.1, 0.15) is 0 Å². The molecule has 0 aliphatic carbocycles. The highest BCUT2D eigenvalue weighted by Gasteiger charge is 2.11. The zero-order chi connectivity index (χ0) is 13.8. The molecule has 0 aliphatic rings. The van der Waals surface area contributed by atoms with Crippen molar-refractivity contribution in [2.75, 3.05) is 11.9 Å². The number of nitrogens with one attached hydrogen (secondary N) is 1. The zero-order valence-corrected chi connectivity index (χ0v) is 11.0. The summed E-state index contributed by atoms with van der Waals surface area (Å²) in [6.07, 6.45) is 1.68. The Bertz CT molecular complexity index is 560. The molecule has 2 aromatic rings. The Kier molecular flexibility index (Phi) is 3.97. The fourth-order valence-corrected chi connectivity index (χ4v) is 1.59. The largest absolute Gasteiger partial charge is 0.441 e. The van der Waals surface area contributed by atoms with Crippen molar-refractivity contribution in [1.82, 2.24) is 4.98 Å². The number of oxazole rings is 1. The van der Waals surface area contributed by atoms with E-state index >= 15 is 0 Å². The second-order valence-electron chi connectivity index (χ2n) is 4.45. The molecule has 1 amide bonds. The molecule has 0 fully saturated rings. The summed E-state index contributed by atoms with van der Waals surface area (Å²) in [5.74, 6) is 1.07. The van der Waals surface area contributed by atoms with E-state index < -0.39 is 0 Å². The minimum atomic E-state index is -0.198. The minimum absolute atomic E-state index is 0.0780. The van der Waals surface area contributed by atoms with Crippen molar-refractivity contribution in [3.05, 3.63) is 36.4 Å². The first-order valence-electron chi connectivity index (χ1n) is 6.14. The molecule has 0 saturated heterocycles. The molecule has 5 nitrogen and oxygen atoms in total. The molecule has 5 heteroatoms. The van der Waals surface area contributed by atoms with Gasteiger partial charge in [0.25, 0.3) is 0 Å². The van der Waals surface area contributed by atoms with Gasteiger partial charge in [0.15, 0.2) is 11.7 Å². The number of hydrogen-bond donors (Lipinski definition) is 2. The van der Waals surface area contributed by atoms with Gasteiger partial charge in [-0.05, 0) is 24.3 Å². The normalized spacial score (nSPS) is 12.2. The predicted octanol–water partition coefficient (Wildman–Crippen LogP) is 2.18. The molecular weight excluding hydrogens is 242 g/mol. The van der Waals surface area contributed by atoms with Crippen LogP contribution in [0.15, 0.2) is 34.9 Å². The Morgan fingerprint density at radius 3 is 2.63 bits per heavy atom. The molecule has 1 unspecified atom stereocenters. The number of benzene rings is 1. The van der Waals surface area contributed by atoms with Crippen LogP contribution < -0.4 is 11.1 Å². The molecule has 1 atom stereocenters. The lowest BCUT2D eigenvalue weighted by Crippen LogP contribution is -2.26. The maximum Gasteiger partial charge on any atom is 0.228 e. The van der Waals surface area contributed by atoms with Crippen molar-refractivity contribution in [3.8, 4) is 11.3 Å². The van der Waals surface area contributed by atoms with Crippen LogP contribution in [-0.4, -0.2) is 17.4 Å². The molecule has 0 radical (unpaired) electrons. The molecule has 1 aromatic carbocycles. The van der Waals surface area contributed by atoms with Gasteiger partial charge < -0.3 is 15.5 Å². The minimum Gasteiger partial charge on any atom is -0.441 e. The van der Waals surface area contributed by atoms with E-state index in [4.69, 9.17) is 10.2 Å². The van der Waals surface area contributed by atoms with Gasteiger partial charge in [0.2, 0.25) is 5.91 Å². The number of nitrogens with zero attached hydrogens (tertiary/aromatic N) is 1. The van der Waals surface area contributed by atoms with E-state index in [1.807, 2.05) is 24.3 Å². The van der Waals surface area contributed by atoms with E-state index in [-0.39, 0.29) is 11.8 Å². The van der Waals surface area contributed by atoms with Gasteiger partial charge in [-0.25, -0.2) is 4.98 Å². The van der Waals surface area contributed by atoms with E-state index in [0.29, 0.717) is 18.2 Å². The SMILES string of the molecule is Cc1ncc(-c2ccc(NC(=O)C(C)CN)cc2)o1. The monoisotopic (exact) mass is 259 g/mol. The van der Waals surface area contributed by atoms with Crippen molar-refractivity contribution in [2.24, 2.45) is 11.7 Å². The predicted molar refractivity (Wildman–Crippen MR) is 73.5 cm³/mol. The Morgan fingerprint density at radius 1 is 1.42 bits per heavy atom. The number of hydrogen-bond acceptors (Lipinski definition) is 4. The zero-order valence-electron chi connectivity index (χ0n) is 11.0. The molecule has 0 saturated carbocycles. The Hall–Kier alpha value is -2.14.